The van der Waals surface area contributed by atoms with Crippen LogP contribution in [0.25, 0.3) is 0 Å². The van der Waals surface area contributed by atoms with E-state index < -0.39 is 10.0 Å². The van der Waals surface area contributed by atoms with Crippen molar-refractivity contribution in [1.29, 1.82) is 0 Å². The van der Waals surface area contributed by atoms with Crippen LogP contribution in [0.5, 0.6) is 0 Å². The molecule has 0 saturated carbocycles. The van der Waals surface area contributed by atoms with Gasteiger partial charge in [-0.3, -0.25) is 0 Å². The number of primary sulfonamides is 1. The monoisotopic (exact) mass is 382 g/mol. The minimum atomic E-state index is -3.63. The second-order valence-electron chi connectivity index (χ2n) is 4.62. The fourth-order valence-corrected chi connectivity index (χ4v) is 2.77. The second-order valence-corrected chi connectivity index (χ2v) is 6.99. The molecule has 0 unspecified atom stereocenters. The van der Waals surface area contributed by atoms with Crippen LogP contribution < -0.4 is 10.5 Å². The molecule has 5 nitrogen and oxygen atoms in total. The number of nitrogens with one attached hydrogen (secondary N) is 1. The molecule has 2 aromatic rings. The molecule has 2 aromatic carbocycles. The summed E-state index contributed by atoms with van der Waals surface area (Å²) in [5, 5.41) is 8.21. The van der Waals surface area contributed by atoms with Crippen LogP contribution in [-0.2, 0) is 16.4 Å². The van der Waals surface area contributed by atoms with Crippen LogP contribution in [0.1, 0.15) is 5.56 Å². The van der Waals surface area contributed by atoms with Crippen molar-refractivity contribution >= 4 is 36.5 Å². The number of hydrogen-bond donors (Lipinski definition) is 2. The van der Waals surface area contributed by atoms with E-state index in [4.69, 9.17) is 5.14 Å². The standard InChI is InChI=1S/C15H16N3O2SSe/c16-21(19,20)14-8-6-12(7-9-14)10-11-17-15(22)18-13-4-2-1-3-5-13/h1-9H,10-11H2,(H,17,18)(H2,16,19,20). The molecule has 2 rings (SSSR count). The molecule has 0 heterocycles. The van der Waals surface area contributed by atoms with Crippen LogP contribution in [0.3, 0.4) is 0 Å². The summed E-state index contributed by atoms with van der Waals surface area (Å²) in [7, 11) is -3.63. The summed E-state index contributed by atoms with van der Waals surface area (Å²) in [6.45, 7) is 0.594. The van der Waals surface area contributed by atoms with E-state index >= 15 is 0 Å². The van der Waals surface area contributed by atoms with E-state index in [9.17, 15) is 8.42 Å². The average molecular weight is 381 g/mol. The molecule has 0 atom stereocenters. The fourth-order valence-electron chi connectivity index (χ4n) is 1.82. The number of rotatable bonds is 5. The van der Waals surface area contributed by atoms with E-state index in [-0.39, 0.29) is 4.90 Å². The molecular weight excluding hydrogens is 365 g/mol. The number of aliphatic imine (C=N–C) groups is 1. The number of hydrogen-bond acceptors (Lipinski definition) is 3. The summed E-state index contributed by atoms with van der Waals surface area (Å²) in [6.07, 6.45) is 0.715. The summed E-state index contributed by atoms with van der Waals surface area (Å²) in [5.41, 5.74) is 1.97. The van der Waals surface area contributed by atoms with Crippen molar-refractivity contribution in [2.75, 3.05) is 11.9 Å². The Hall–Kier alpha value is -1.66. The Morgan fingerprint density at radius 2 is 1.73 bits per heavy atom. The molecule has 0 aliphatic rings. The van der Waals surface area contributed by atoms with Gasteiger partial charge in [-0.2, -0.15) is 0 Å². The quantitative estimate of drug-likeness (QED) is 0.468. The zero-order valence-corrected chi connectivity index (χ0v) is 14.3. The first-order valence-electron chi connectivity index (χ1n) is 6.60. The first kappa shape index (κ1) is 16.7. The molecule has 0 spiro atoms. The van der Waals surface area contributed by atoms with Gasteiger partial charge in [-0.1, -0.05) is 0 Å². The normalized spacial score (nSPS) is 12.1. The molecule has 3 N–H and O–H groups in total. The van der Waals surface area contributed by atoms with Crippen LogP contribution in [0, 0.1) is 0 Å². The van der Waals surface area contributed by atoms with Crippen LogP contribution in [0.4, 0.5) is 5.69 Å². The van der Waals surface area contributed by atoms with E-state index in [0.717, 1.165) is 11.3 Å². The summed E-state index contributed by atoms with van der Waals surface area (Å²) in [6, 6.07) is 16.3. The number of sulfonamides is 1. The number of nitrogens with zero attached hydrogens (tertiary/aromatic N) is 1. The molecule has 7 heteroatoms. The third-order valence-corrected chi connectivity index (χ3v) is 4.35. The molecule has 0 bridgehead atoms. The summed E-state index contributed by atoms with van der Waals surface area (Å²) in [4.78, 5) is 4.51. The number of nitrogens with two attached hydrogens (primary N) is 1. The molecule has 1 radical (unpaired) electrons. The van der Waals surface area contributed by atoms with Crippen LogP contribution >= 0.6 is 0 Å². The zero-order chi connectivity index (χ0) is 16.0. The fraction of sp³-hybridized carbons (Fsp3) is 0.133. The molecule has 0 fully saturated rings. The Bertz CT molecular complexity index is 744. The van der Waals surface area contributed by atoms with Gasteiger partial charge >= 0.3 is 138 Å². The van der Waals surface area contributed by atoms with Gasteiger partial charge < -0.3 is 0 Å². The maximum atomic E-state index is 11.2. The first-order valence-corrected chi connectivity index (χ1v) is 9.01. The summed E-state index contributed by atoms with van der Waals surface area (Å²) < 4.78 is 23.0. The van der Waals surface area contributed by atoms with Crippen molar-refractivity contribution in [2.24, 2.45) is 10.1 Å². The Balaban J connectivity index is 1.89. The molecule has 0 amide bonds. The van der Waals surface area contributed by atoms with E-state index in [2.05, 4.69) is 26.3 Å². The van der Waals surface area contributed by atoms with Gasteiger partial charge in [0.05, 0.1) is 0 Å². The molecule has 22 heavy (non-hydrogen) atoms. The van der Waals surface area contributed by atoms with Crippen molar-refractivity contribution in [3.8, 4) is 0 Å². The van der Waals surface area contributed by atoms with Crippen LogP contribution in [0.2, 0.25) is 0 Å². The average Bonchev–Trinajstić information content (AvgIpc) is 2.48. The van der Waals surface area contributed by atoms with Gasteiger partial charge in [-0.05, 0) is 0 Å². The van der Waals surface area contributed by atoms with Gasteiger partial charge in [0.1, 0.15) is 0 Å². The molecule has 115 valence electrons. The number of amidine groups is 1. The summed E-state index contributed by atoms with van der Waals surface area (Å²) >= 11 is 2.88. The Morgan fingerprint density at radius 3 is 2.32 bits per heavy atom. The van der Waals surface area contributed by atoms with Crippen LogP contribution in [0.15, 0.2) is 64.5 Å². The third-order valence-electron chi connectivity index (χ3n) is 2.93. The summed E-state index contributed by atoms with van der Waals surface area (Å²) in [5.74, 6) is 0. The van der Waals surface area contributed by atoms with E-state index in [1.807, 2.05) is 30.3 Å². The predicted octanol–water partition coefficient (Wildman–Crippen LogP) is 1.51. The Labute approximate surface area is 138 Å². The first-order chi connectivity index (χ1) is 10.4. The van der Waals surface area contributed by atoms with Crippen molar-refractivity contribution in [1.82, 2.24) is 0 Å². The van der Waals surface area contributed by atoms with Gasteiger partial charge in [0.15, 0.2) is 0 Å². The van der Waals surface area contributed by atoms with E-state index in [1.165, 1.54) is 12.1 Å². The SMILES string of the molecule is NS(=O)(=O)c1ccc(CCN=C([Se])Nc2ccccc2)cc1. The molecule has 0 aromatic heterocycles. The minimum absolute atomic E-state index is 0.120. The Kier molecular flexibility index (Phi) is 5.74. The number of para-hydroxylation sites is 1. The van der Waals surface area contributed by atoms with Gasteiger partial charge in [-0.15, -0.1) is 0 Å². The number of benzene rings is 2. The van der Waals surface area contributed by atoms with Crippen molar-refractivity contribution in [3.05, 3.63) is 60.2 Å². The van der Waals surface area contributed by atoms with Gasteiger partial charge in [-0.25, -0.2) is 0 Å². The van der Waals surface area contributed by atoms with Gasteiger partial charge in [0.2, 0.25) is 0 Å². The predicted molar refractivity (Wildman–Crippen MR) is 89.6 cm³/mol. The van der Waals surface area contributed by atoms with E-state index in [0.29, 0.717) is 17.7 Å². The zero-order valence-electron chi connectivity index (χ0n) is 11.8. The molecule has 0 aliphatic carbocycles. The maximum absolute atomic E-state index is 11.2. The van der Waals surface area contributed by atoms with E-state index in [1.54, 1.807) is 12.1 Å². The molecule has 0 aliphatic heterocycles. The van der Waals surface area contributed by atoms with Gasteiger partial charge in [0.25, 0.3) is 0 Å². The molecule has 0 saturated heterocycles. The van der Waals surface area contributed by atoms with Crippen molar-refractivity contribution < 1.29 is 8.42 Å². The second kappa shape index (κ2) is 7.56. The molecular formula is C15H16N3O2SSe. The van der Waals surface area contributed by atoms with Crippen molar-refractivity contribution in [3.63, 3.8) is 0 Å². The van der Waals surface area contributed by atoms with Gasteiger partial charge in [0, 0.05) is 0 Å². The number of anilines is 1. The third kappa shape index (κ3) is 5.27. The van der Waals surface area contributed by atoms with Crippen LogP contribution in [-0.4, -0.2) is 35.7 Å². The Morgan fingerprint density at radius 1 is 1.09 bits per heavy atom. The van der Waals surface area contributed by atoms with Crippen molar-refractivity contribution in [2.45, 2.75) is 11.3 Å². The topological polar surface area (TPSA) is 84.6 Å².